The van der Waals surface area contributed by atoms with Crippen LogP contribution in [0.1, 0.15) is 32.4 Å². The third-order valence-electron chi connectivity index (χ3n) is 2.36. The van der Waals surface area contributed by atoms with E-state index < -0.39 is 17.8 Å². The number of ether oxygens (including phenoxy) is 2. The number of amides is 2. The van der Waals surface area contributed by atoms with Gasteiger partial charge in [-0.1, -0.05) is 0 Å². The van der Waals surface area contributed by atoms with Crippen molar-refractivity contribution < 1.29 is 19.1 Å². The summed E-state index contributed by atoms with van der Waals surface area (Å²) in [6.07, 6.45) is 1.94. The molecule has 20 heavy (non-hydrogen) atoms. The minimum Gasteiger partial charge on any atom is -0.447 e. The topological polar surface area (TPSA) is 102 Å². The van der Waals surface area contributed by atoms with Gasteiger partial charge >= 0.3 is 12.2 Å². The highest BCUT2D eigenvalue weighted by atomic mass is 16.6. The molecule has 1 aromatic rings. The first kappa shape index (κ1) is 14.0. The maximum Gasteiger partial charge on any atom is 0.414 e. The van der Waals surface area contributed by atoms with Gasteiger partial charge < -0.3 is 14.8 Å². The van der Waals surface area contributed by atoms with Crippen molar-refractivity contribution in [3.63, 3.8) is 0 Å². The first-order valence-electron chi connectivity index (χ1n) is 6.09. The zero-order valence-corrected chi connectivity index (χ0v) is 11.5. The molecule has 0 radical (unpaired) electrons. The van der Waals surface area contributed by atoms with Gasteiger partial charge in [-0.2, -0.15) is 0 Å². The van der Waals surface area contributed by atoms with E-state index in [0.717, 1.165) is 0 Å². The number of carbonyl (C=O) groups excluding carboxylic acids is 2. The number of nitrogens with zero attached hydrogens (tertiary/aromatic N) is 2. The Morgan fingerprint density at radius 1 is 1.45 bits per heavy atom. The zero-order valence-electron chi connectivity index (χ0n) is 11.5. The summed E-state index contributed by atoms with van der Waals surface area (Å²) in [5.41, 5.74) is 0.112. The van der Waals surface area contributed by atoms with E-state index in [1.807, 2.05) is 0 Å². The molecule has 2 rings (SSSR count). The molecule has 1 saturated heterocycles. The lowest BCUT2D eigenvalue weighted by Gasteiger charge is -2.19. The summed E-state index contributed by atoms with van der Waals surface area (Å²) in [7, 11) is 0. The van der Waals surface area contributed by atoms with E-state index in [1.54, 1.807) is 20.8 Å². The maximum absolute atomic E-state index is 11.5. The van der Waals surface area contributed by atoms with Crippen molar-refractivity contribution in [1.82, 2.24) is 15.3 Å². The first-order chi connectivity index (χ1) is 9.33. The fourth-order valence-electron chi connectivity index (χ4n) is 1.54. The van der Waals surface area contributed by atoms with Crippen molar-refractivity contribution in [3.05, 3.63) is 18.0 Å². The Morgan fingerprint density at radius 2 is 2.10 bits per heavy atom. The van der Waals surface area contributed by atoms with Crippen LogP contribution in [0, 0.1) is 0 Å². The highest BCUT2D eigenvalue weighted by Crippen LogP contribution is 2.17. The predicted octanol–water partition coefficient (Wildman–Crippen LogP) is 1.60. The monoisotopic (exact) mass is 280 g/mol. The average molecular weight is 280 g/mol. The number of alkyl carbamates (subject to hydrolysis) is 1. The van der Waals surface area contributed by atoms with Crippen molar-refractivity contribution in [2.75, 3.05) is 11.9 Å². The highest BCUT2D eigenvalue weighted by Gasteiger charge is 2.24. The third kappa shape index (κ3) is 3.81. The Hall–Kier alpha value is -2.38. The second-order valence-corrected chi connectivity index (χ2v) is 5.26. The van der Waals surface area contributed by atoms with E-state index in [1.165, 1.54) is 12.4 Å². The number of aromatic nitrogens is 2. The van der Waals surface area contributed by atoms with Crippen LogP contribution in [0.3, 0.4) is 0 Å². The summed E-state index contributed by atoms with van der Waals surface area (Å²) >= 11 is 0. The summed E-state index contributed by atoms with van der Waals surface area (Å²) in [5, 5.41) is 5.03. The molecule has 2 heterocycles. The molecular formula is C12H16N4O4. The summed E-state index contributed by atoms with van der Waals surface area (Å²) in [5.74, 6) is 0.133. The van der Waals surface area contributed by atoms with Gasteiger partial charge in [0.05, 0.1) is 6.04 Å². The van der Waals surface area contributed by atoms with Crippen molar-refractivity contribution in [2.45, 2.75) is 32.4 Å². The second-order valence-electron chi connectivity index (χ2n) is 5.26. The smallest absolute Gasteiger partial charge is 0.414 e. The molecule has 1 aromatic heterocycles. The van der Waals surface area contributed by atoms with Crippen LogP contribution in [-0.2, 0) is 9.47 Å². The summed E-state index contributed by atoms with van der Waals surface area (Å²) in [6, 6.07) is -0.266. The molecule has 0 bridgehead atoms. The lowest BCUT2D eigenvalue weighted by Crippen LogP contribution is -2.27. The van der Waals surface area contributed by atoms with Crippen molar-refractivity contribution in [3.8, 4) is 0 Å². The fourth-order valence-corrected chi connectivity index (χ4v) is 1.54. The molecule has 1 unspecified atom stereocenters. The van der Waals surface area contributed by atoms with E-state index in [0.29, 0.717) is 5.56 Å². The lowest BCUT2D eigenvalue weighted by molar-refractivity contribution is 0.0634. The third-order valence-corrected chi connectivity index (χ3v) is 2.36. The molecule has 1 aliphatic heterocycles. The molecule has 2 amide bonds. The molecule has 8 nitrogen and oxygen atoms in total. The Bertz CT molecular complexity index is 509. The Balaban J connectivity index is 1.95. The average Bonchev–Trinajstić information content (AvgIpc) is 2.74. The van der Waals surface area contributed by atoms with Gasteiger partial charge in [-0.25, -0.2) is 19.6 Å². The number of rotatable bonds is 2. The van der Waals surface area contributed by atoms with E-state index >= 15 is 0 Å². The van der Waals surface area contributed by atoms with Gasteiger partial charge in [-0.3, -0.25) is 5.32 Å². The normalized spacial score (nSPS) is 18.1. The van der Waals surface area contributed by atoms with Gasteiger partial charge in [-0.15, -0.1) is 0 Å². The first-order valence-corrected chi connectivity index (χ1v) is 6.09. The second kappa shape index (κ2) is 5.32. The van der Waals surface area contributed by atoms with Gasteiger partial charge in [0.1, 0.15) is 12.2 Å². The molecule has 1 fully saturated rings. The SMILES string of the molecule is CC(C)(C)OC(=O)Nc1ncc(C2COC(=O)N2)cn1. The van der Waals surface area contributed by atoms with E-state index in [4.69, 9.17) is 9.47 Å². The predicted molar refractivity (Wildman–Crippen MR) is 69.1 cm³/mol. The van der Waals surface area contributed by atoms with Crippen LogP contribution in [-0.4, -0.2) is 34.4 Å². The lowest BCUT2D eigenvalue weighted by atomic mass is 10.2. The molecule has 1 aliphatic rings. The Kier molecular flexibility index (Phi) is 3.73. The molecule has 2 N–H and O–H groups in total. The summed E-state index contributed by atoms with van der Waals surface area (Å²) < 4.78 is 9.85. The van der Waals surface area contributed by atoms with Crippen molar-refractivity contribution >= 4 is 18.1 Å². The molecule has 8 heteroatoms. The van der Waals surface area contributed by atoms with Crippen LogP contribution >= 0.6 is 0 Å². The standard InChI is InChI=1S/C12H16N4O4/c1-12(2,3)20-11(18)16-9-13-4-7(5-14-9)8-6-19-10(17)15-8/h4-5,8H,6H2,1-3H3,(H,15,17)(H,13,14,16,18). The van der Waals surface area contributed by atoms with Gasteiger partial charge in [0, 0.05) is 18.0 Å². The van der Waals surface area contributed by atoms with E-state index in [9.17, 15) is 9.59 Å². The number of hydrogen-bond donors (Lipinski definition) is 2. The van der Waals surface area contributed by atoms with E-state index in [-0.39, 0.29) is 18.6 Å². The summed E-state index contributed by atoms with van der Waals surface area (Å²) in [6.45, 7) is 5.53. The minimum absolute atomic E-state index is 0.133. The molecule has 108 valence electrons. The summed E-state index contributed by atoms with van der Waals surface area (Å²) in [4.78, 5) is 30.4. The van der Waals surface area contributed by atoms with Gasteiger partial charge in [-0.05, 0) is 20.8 Å². The van der Waals surface area contributed by atoms with Crippen molar-refractivity contribution in [1.29, 1.82) is 0 Å². The quantitative estimate of drug-likeness (QED) is 0.853. The molecule has 0 spiro atoms. The molecule has 0 aromatic carbocycles. The molecular weight excluding hydrogens is 264 g/mol. The molecule has 0 aliphatic carbocycles. The van der Waals surface area contributed by atoms with Crippen LogP contribution in [0.25, 0.3) is 0 Å². The number of anilines is 1. The van der Waals surface area contributed by atoms with Crippen LogP contribution in [0.5, 0.6) is 0 Å². The zero-order chi connectivity index (χ0) is 14.8. The largest absolute Gasteiger partial charge is 0.447 e. The minimum atomic E-state index is -0.622. The number of cyclic esters (lactones) is 1. The van der Waals surface area contributed by atoms with Crippen LogP contribution in [0.2, 0.25) is 0 Å². The van der Waals surface area contributed by atoms with Gasteiger partial charge in [0.2, 0.25) is 5.95 Å². The Morgan fingerprint density at radius 3 is 2.60 bits per heavy atom. The molecule has 0 saturated carbocycles. The van der Waals surface area contributed by atoms with Crippen LogP contribution in [0.15, 0.2) is 12.4 Å². The van der Waals surface area contributed by atoms with Crippen LogP contribution in [0.4, 0.5) is 15.5 Å². The maximum atomic E-state index is 11.5. The Labute approximate surface area is 115 Å². The highest BCUT2D eigenvalue weighted by molar-refractivity contribution is 5.82. The van der Waals surface area contributed by atoms with Gasteiger partial charge in [0.15, 0.2) is 0 Å². The van der Waals surface area contributed by atoms with Gasteiger partial charge in [0.25, 0.3) is 0 Å². The molecule has 1 atom stereocenters. The van der Waals surface area contributed by atoms with Crippen LogP contribution < -0.4 is 10.6 Å². The number of carbonyl (C=O) groups is 2. The fraction of sp³-hybridized carbons (Fsp3) is 0.500. The number of hydrogen-bond acceptors (Lipinski definition) is 6. The van der Waals surface area contributed by atoms with Crippen molar-refractivity contribution in [2.24, 2.45) is 0 Å². The number of nitrogens with one attached hydrogen (secondary N) is 2. The van der Waals surface area contributed by atoms with E-state index in [2.05, 4.69) is 20.6 Å².